The van der Waals surface area contributed by atoms with E-state index in [4.69, 9.17) is 16.3 Å². The number of carbonyl (C=O) groups excluding carboxylic acids is 2. The van der Waals surface area contributed by atoms with Gasteiger partial charge < -0.3 is 15.0 Å². The topological polar surface area (TPSA) is 58.6 Å². The van der Waals surface area contributed by atoms with E-state index >= 15 is 0 Å². The first-order chi connectivity index (χ1) is 11.1. The van der Waals surface area contributed by atoms with Gasteiger partial charge in [-0.2, -0.15) is 0 Å². The molecule has 1 aromatic carbocycles. The molecule has 1 aromatic rings. The Kier molecular flexibility index (Phi) is 6.71. The third kappa shape index (κ3) is 5.43. The van der Waals surface area contributed by atoms with E-state index in [1.165, 1.54) is 0 Å². The van der Waals surface area contributed by atoms with Gasteiger partial charge in [-0.15, -0.1) is 0 Å². The van der Waals surface area contributed by atoms with Gasteiger partial charge in [0.2, 0.25) is 11.8 Å². The molecule has 0 saturated carbocycles. The molecule has 2 amide bonds. The van der Waals surface area contributed by atoms with E-state index < -0.39 is 0 Å². The highest BCUT2D eigenvalue weighted by molar-refractivity contribution is 6.32. The van der Waals surface area contributed by atoms with Crippen molar-refractivity contribution in [2.24, 2.45) is 0 Å². The summed E-state index contributed by atoms with van der Waals surface area (Å²) in [5.41, 5.74) is 0. The number of nitrogens with zero attached hydrogens (tertiary/aromatic N) is 1. The van der Waals surface area contributed by atoms with E-state index in [1.54, 1.807) is 13.1 Å². The van der Waals surface area contributed by atoms with Crippen molar-refractivity contribution >= 4 is 23.4 Å². The molecule has 1 atom stereocenters. The van der Waals surface area contributed by atoms with Crippen LogP contribution in [0.25, 0.3) is 0 Å². The maximum absolute atomic E-state index is 12.2. The molecule has 0 spiro atoms. The smallest absolute Gasteiger partial charge is 0.222 e. The summed E-state index contributed by atoms with van der Waals surface area (Å²) in [7, 11) is 1.60. The van der Waals surface area contributed by atoms with Crippen molar-refractivity contribution in [3.63, 3.8) is 0 Å². The molecule has 0 aliphatic carbocycles. The molecule has 1 aliphatic rings. The lowest BCUT2D eigenvalue weighted by atomic mass is 10.1. The summed E-state index contributed by atoms with van der Waals surface area (Å²) < 4.78 is 5.94. The van der Waals surface area contributed by atoms with Crippen molar-refractivity contribution in [2.45, 2.75) is 38.2 Å². The fraction of sp³-hybridized carbons (Fsp3) is 0.529. The molecule has 0 unspecified atom stereocenters. The largest absolute Gasteiger partial charge is 0.487 e. The number of hydrogen-bond acceptors (Lipinski definition) is 3. The Labute approximate surface area is 141 Å². The molecule has 1 saturated heterocycles. The minimum absolute atomic E-state index is 0.0311. The van der Waals surface area contributed by atoms with Crippen molar-refractivity contribution in [1.29, 1.82) is 0 Å². The Morgan fingerprint density at radius 3 is 2.87 bits per heavy atom. The molecule has 2 rings (SSSR count). The van der Waals surface area contributed by atoms with E-state index in [0.29, 0.717) is 36.6 Å². The number of para-hydroxylation sites is 1. The molecular weight excluding hydrogens is 316 g/mol. The van der Waals surface area contributed by atoms with Crippen molar-refractivity contribution < 1.29 is 14.3 Å². The Morgan fingerprint density at radius 1 is 1.35 bits per heavy atom. The monoisotopic (exact) mass is 338 g/mol. The lowest BCUT2D eigenvalue weighted by Crippen LogP contribution is -2.44. The Morgan fingerprint density at radius 2 is 2.13 bits per heavy atom. The maximum Gasteiger partial charge on any atom is 0.222 e. The molecule has 0 bridgehead atoms. The standard InChI is InChI=1S/C17H23ClN2O3/c1-19-16(21)9-4-10-17(22)20-11-5-6-13(12-20)23-15-8-3-2-7-14(15)18/h2-3,7-8,13H,4-6,9-12H2,1H3,(H,19,21)/t13-/m0/s1. The molecule has 23 heavy (non-hydrogen) atoms. The highest BCUT2D eigenvalue weighted by Gasteiger charge is 2.25. The van der Waals surface area contributed by atoms with Crippen LogP contribution < -0.4 is 10.1 Å². The van der Waals surface area contributed by atoms with Crippen molar-refractivity contribution in [3.05, 3.63) is 29.3 Å². The minimum atomic E-state index is -0.0356. The predicted octanol–water partition coefficient (Wildman–Crippen LogP) is 2.63. The number of halogens is 1. The van der Waals surface area contributed by atoms with E-state index in [9.17, 15) is 9.59 Å². The number of piperidine rings is 1. The van der Waals surface area contributed by atoms with Gasteiger partial charge >= 0.3 is 0 Å². The predicted molar refractivity (Wildman–Crippen MR) is 89.6 cm³/mol. The number of rotatable bonds is 6. The van der Waals surface area contributed by atoms with Gasteiger partial charge in [-0.05, 0) is 31.4 Å². The number of amides is 2. The molecule has 6 heteroatoms. The summed E-state index contributed by atoms with van der Waals surface area (Å²) in [5, 5.41) is 3.15. The van der Waals surface area contributed by atoms with Gasteiger partial charge in [0.1, 0.15) is 11.9 Å². The van der Waals surface area contributed by atoms with Gasteiger partial charge in [0.15, 0.2) is 0 Å². The van der Waals surface area contributed by atoms with Gasteiger partial charge in [0.05, 0.1) is 11.6 Å². The summed E-state index contributed by atoms with van der Waals surface area (Å²) in [6, 6.07) is 7.37. The van der Waals surface area contributed by atoms with Crippen molar-refractivity contribution in [3.8, 4) is 5.75 Å². The highest BCUT2D eigenvalue weighted by Crippen LogP contribution is 2.26. The zero-order valence-corrected chi connectivity index (χ0v) is 14.1. The normalized spacial score (nSPS) is 17.7. The van der Waals surface area contributed by atoms with Crippen LogP contribution in [0.2, 0.25) is 5.02 Å². The molecule has 1 heterocycles. The minimum Gasteiger partial charge on any atom is -0.487 e. The average Bonchev–Trinajstić information content (AvgIpc) is 2.57. The second-order valence-electron chi connectivity index (χ2n) is 5.68. The second kappa shape index (κ2) is 8.77. The van der Waals surface area contributed by atoms with E-state index in [0.717, 1.165) is 19.4 Å². The molecule has 0 radical (unpaired) electrons. The SMILES string of the molecule is CNC(=O)CCCC(=O)N1CCC[C@H](Oc2ccccc2Cl)C1. The summed E-state index contributed by atoms with van der Waals surface area (Å²) in [6.45, 7) is 1.32. The highest BCUT2D eigenvalue weighted by atomic mass is 35.5. The first kappa shape index (κ1) is 17.6. The molecule has 126 valence electrons. The van der Waals surface area contributed by atoms with Crippen LogP contribution in [0.3, 0.4) is 0 Å². The van der Waals surface area contributed by atoms with Crippen molar-refractivity contribution in [1.82, 2.24) is 10.2 Å². The Balaban J connectivity index is 1.82. The van der Waals surface area contributed by atoms with Crippen LogP contribution in [0.1, 0.15) is 32.1 Å². The van der Waals surface area contributed by atoms with Gasteiger partial charge in [-0.3, -0.25) is 9.59 Å². The van der Waals surface area contributed by atoms with Gasteiger partial charge in [-0.1, -0.05) is 23.7 Å². The molecular formula is C17H23ClN2O3. The van der Waals surface area contributed by atoms with Gasteiger partial charge in [0, 0.05) is 26.4 Å². The molecule has 0 aromatic heterocycles. The molecule has 1 aliphatic heterocycles. The number of benzene rings is 1. The summed E-state index contributed by atoms with van der Waals surface area (Å²) in [5.74, 6) is 0.714. The van der Waals surface area contributed by atoms with Crippen LogP contribution in [0.15, 0.2) is 24.3 Å². The van der Waals surface area contributed by atoms with Crippen LogP contribution in [0.4, 0.5) is 0 Å². The molecule has 1 fully saturated rings. The first-order valence-electron chi connectivity index (χ1n) is 7.99. The number of carbonyl (C=O) groups is 2. The van der Waals surface area contributed by atoms with E-state index in [1.807, 2.05) is 23.1 Å². The van der Waals surface area contributed by atoms with Crippen LogP contribution in [-0.2, 0) is 9.59 Å². The Bertz CT molecular complexity index is 550. The van der Waals surface area contributed by atoms with Crippen LogP contribution in [-0.4, -0.2) is 43.0 Å². The maximum atomic E-state index is 12.2. The zero-order chi connectivity index (χ0) is 16.7. The number of ether oxygens (including phenoxy) is 1. The molecule has 5 nitrogen and oxygen atoms in total. The summed E-state index contributed by atoms with van der Waals surface area (Å²) in [6.07, 6.45) is 3.14. The quantitative estimate of drug-likeness (QED) is 0.867. The Hall–Kier alpha value is -1.75. The van der Waals surface area contributed by atoms with Gasteiger partial charge in [-0.25, -0.2) is 0 Å². The van der Waals surface area contributed by atoms with Crippen molar-refractivity contribution in [2.75, 3.05) is 20.1 Å². The number of hydrogen-bond donors (Lipinski definition) is 1. The summed E-state index contributed by atoms with van der Waals surface area (Å²) >= 11 is 6.11. The average molecular weight is 339 g/mol. The third-order valence-electron chi connectivity index (χ3n) is 3.93. The third-order valence-corrected chi connectivity index (χ3v) is 4.25. The van der Waals surface area contributed by atoms with Gasteiger partial charge in [0.25, 0.3) is 0 Å². The summed E-state index contributed by atoms with van der Waals surface area (Å²) in [4.78, 5) is 25.3. The lowest BCUT2D eigenvalue weighted by molar-refractivity contribution is -0.134. The number of likely N-dealkylation sites (tertiary alicyclic amines) is 1. The fourth-order valence-electron chi connectivity index (χ4n) is 2.66. The van der Waals surface area contributed by atoms with E-state index in [-0.39, 0.29) is 17.9 Å². The van der Waals surface area contributed by atoms with E-state index in [2.05, 4.69) is 5.32 Å². The molecule has 1 N–H and O–H groups in total. The van der Waals surface area contributed by atoms with Crippen LogP contribution in [0, 0.1) is 0 Å². The first-order valence-corrected chi connectivity index (χ1v) is 8.37. The fourth-order valence-corrected chi connectivity index (χ4v) is 2.84. The van der Waals surface area contributed by atoms with Crippen LogP contribution in [0.5, 0.6) is 5.75 Å². The second-order valence-corrected chi connectivity index (χ2v) is 6.09. The lowest BCUT2D eigenvalue weighted by Gasteiger charge is -2.33. The zero-order valence-electron chi connectivity index (χ0n) is 13.4. The van der Waals surface area contributed by atoms with Crippen LogP contribution >= 0.6 is 11.6 Å². The number of nitrogens with one attached hydrogen (secondary N) is 1.